The number of carboxylic acid groups (broad SMARTS) is 2. The van der Waals surface area contributed by atoms with Crippen molar-refractivity contribution in [3.63, 3.8) is 0 Å². The minimum atomic E-state index is -3.61. The molecule has 5 N–H and O–H groups in total. The number of esters is 1. The third-order valence-corrected chi connectivity index (χ3v) is 6.50. The standard InChI is InChI=1S/C19H25N6O5P.C4H4O4/c1-13(9-25-11-23-16-17(20)21-10-22-18(16)25)29-12-31(27,24-14(2)19(26)28-3)30-15-7-5-4-6-8-15;5-3(6)1-2-4(7)8/h4-8,10-11,13-14H,9,12H2,1-3H3,(H,24,27)(H2,20,21,22);1-2H,(H,5,6)(H,7,8)/b;2-1+/t13-,14+,31+;/m1./s1. The lowest BCUT2D eigenvalue weighted by Crippen LogP contribution is -2.35. The number of nitrogen functional groups attached to an aromatic ring is 1. The molecule has 3 rings (SSSR count). The van der Waals surface area contributed by atoms with Gasteiger partial charge in [-0.15, -0.1) is 0 Å². The van der Waals surface area contributed by atoms with E-state index in [1.54, 1.807) is 35.2 Å². The van der Waals surface area contributed by atoms with Gasteiger partial charge in [-0.05, 0) is 26.0 Å². The SMILES string of the molecule is COC(=O)[C@H](C)N[P@](=O)(CO[C@H](C)Cn1cnc2c(N)ncnc21)Oc1ccccc1.O=C(O)/C=C/C(=O)O. The first-order valence-corrected chi connectivity index (χ1v) is 13.1. The highest BCUT2D eigenvalue weighted by molar-refractivity contribution is 7.57. The van der Waals surface area contributed by atoms with E-state index in [9.17, 15) is 18.9 Å². The molecule has 2 aromatic heterocycles. The minimum Gasteiger partial charge on any atom is -0.478 e. The van der Waals surface area contributed by atoms with E-state index in [0.717, 1.165) is 0 Å². The molecule has 0 aliphatic heterocycles. The number of rotatable bonds is 12. The van der Waals surface area contributed by atoms with Crippen molar-refractivity contribution < 1.29 is 43.2 Å². The van der Waals surface area contributed by atoms with E-state index >= 15 is 0 Å². The highest BCUT2D eigenvalue weighted by atomic mass is 31.2. The number of hydrogen-bond donors (Lipinski definition) is 4. The number of carbonyl (C=O) groups excluding carboxylic acids is 1. The average molecular weight is 564 g/mol. The number of ether oxygens (including phenoxy) is 2. The Labute approximate surface area is 223 Å². The smallest absolute Gasteiger partial charge is 0.342 e. The molecule has 3 atom stereocenters. The zero-order chi connectivity index (χ0) is 29.0. The van der Waals surface area contributed by atoms with Gasteiger partial charge in [0.2, 0.25) is 0 Å². The largest absolute Gasteiger partial charge is 0.478 e. The Balaban J connectivity index is 0.000000580. The van der Waals surface area contributed by atoms with E-state index in [-0.39, 0.29) is 12.5 Å². The number of nitrogens with zero attached hydrogens (tertiary/aromatic N) is 4. The predicted molar refractivity (Wildman–Crippen MR) is 139 cm³/mol. The van der Waals surface area contributed by atoms with Gasteiger partial charge in [-0.2, -0.15) is 0 Å². The number of nitrogens with two attached hydrogens (primary N) is 1. The Kier molecular flexibility index (Phi) is 11.5. The normalized spacial score (nSPS) is 14.0. The Bertz CT molecular complexity index is 1330. The maximum absolute atomic E-state index is 13.5. The van der Waals surface area contributed by atoms with Crippen molar-refractivity contribution in [1.82, 2.24) is 24.6 Å². The van der Waals surface area contributed by atoms with Crippen molar-refractivity contribution >= 4 is 42.4 Å². The minimum absolute atomic E-state index is 0.270. The summed E-state index contributed by atoms with van der Waals surface area (Å²) in [6.45, 7) is 3.73. The summed E-state index contributed by atoms with van der Waals surface area (Å²) in [7, 11) is -2.35. The molecule has 0 fully saturated rings. The fourth-order valence-corrected chi connectivity index (χ4v) is 4.78. The van der Waals surface area contributed by atoms with Crippen LogP contribution < -0.4 is 15.3 Å². The fourth-order valence-electron chi connectivity index (χ4n) is 3.00. The molecule has 3 aromatic rings. The Morgan fingerprint density at radius 3 is 2.33 bits per heavy atom. The summed E-state index contributed by atoms with van der Waals surface area (Å²) in [6, 6.07) is 7.81. The fraction of sp³-hybridized carbons (Fsp3) is 0.304. The molecule has 0 aliphatic rings. The summed E-state index contributed by atoms with van der Waals surface area (Å²) in [4.78, 5) is 43.3. The van der Waals surface area contributed by atoms with Crippen molar-refractivity contribution in [2.75, 3.05) is 19.2 Å². The molecular formula is C23H29N6O9P. The van der Waals surface area contributed by atoms with E-state index < -0.39 is 31.5 Å². The van der Waals surface area contributed by atoms with Crippen LogP contribution in [0.2, 0.25) is 0 Å². The lowest BCUT2D eigenvalue weighted by atomic mass is 10.3. The van der Waals surface area contributed by atoms with Crippen LogP contribution in [0.25, 0.3) is 11.2 Å². The highest BCUT2D eigenvalue weighted by Gasteiger charge is 2.31. The van der Waals surface area contributed by atoms with Crippen molar-refractivity contribution in [3.05, 3.63) is 55.1 Å². The molecule has 0 amide bonds. The first-order chi connectivity index (χ1) is 18.4. The highest BCUT2D eigenvalue weighted by Crippen LogP contribution is 2.44. The number of methoxy groups -OCH3 is 1. The second-order valence-corrected chi connectivity index (χ2v) is 9.94. The third kappa shape index (κ3) is 10.2. The number of anilines is 1. The molecule has 0 bridgehead atoms. The van der Waals surface area contributed by atoms with Crippen LogP contribution in [0.3, 0.4) is 0 Å². The molecule has 0 unspecified atom stereocenters. The zero-order valence-corrected chi connectivity index (χ0v) is 22.2. The van der Waals surface area contributed by atoms with Crippen molar-refractivity contribution in [1.29, 1.82) is 0 Å². The topological polar surface area (TPSA) is 218 Å². The van der Waals surface area contributed by atoms with Crippen molar-refractivity contribution in [2.24, 2.45) is 0 Å². The summed E-state index contributed by atoms with van der Waals surface area (Å²) in [5.41, 5.74) is 6.89. The molecule has 1 aromatic carbocycles. The summed E-state index contributed by atoms with van der Waals surface area (Å²) >= 11 is 0. The Hall–Kier alpha value is -4.33. The number of benzene rings is 1. The second-order valence-electron chi connectivity index (χ2n) is 7.90. The van der Waals surface area contributed by atoms with Crippen LogP contribution in [-0.4, -0.2) is 73.2 Å². The molecule has 210 valence electrons. The molecule has 39 heavy (non-hydrogen) atoms. The van der Waals surface area contributed by atoms with Crippen molar-refractivity contribution in [3.8, 4) is 5.75 Å². The number of imidazole rings is 1. The van der Waals surface area contributed by atoms with Crippen LogP contribution in [-0.2, 0) is 35.0 Å². The quantitative estimate of drug-likeness (QED) is 0.140. The van der Waals surface area contributed by atoms with Gasteiger partial charge in [-0.3, -0.25) is 9.36 Å². The van der Waals surface area contributed by atoms with Gasteiger partial charge in [0.15, 0.2) is 11.5 Å². The summed E-state index contributed by atoms with van der Waals surface area (Å²) in [6.07, 6.45) is 3.42. The number of nitrogens with one attached hydrogen (secondary N) is 1. The molecule has 0 spiro atoms. The average Bonchev–Trinajstić information content (AvgIpc) is 3.30. The van der Waals surface area contributed by atoms with Gasteiger partial charge >= 0.3 is 25.4 Å². The number of aliphatic carboxylic acids is 2. The molecule has 0 aliphatic carbocycles. The number of para-hydroxylation sites is 1. The maximum atomic E-state index is 13.5. The first kappa shape index (κ1) is 30.9. The van der Waals surface area contributed by atoms with Gasteiger partial charge in [0.1, 0.15) is 30.0 Å². The molecular weight excluding hydrogens is 535 g/mol. The molecule has 15 nitrogen and oxygen atoms in total. The van der Waals surface area contributed by atoms with E-state index in [2.05, 4.69) is 20.0 Å². The van der Waals surface area contributed by atoms with Crippen LogP contribution in [0.1, 0.15) is 13.8 Å². The monoisotopic (exact) mass is 564 g/mol. The van der Waals surface area contributed by atoms with Crippen LogP contribution >= 0.6 is 7.52 Å². The number of aromatic nitrogens is 4. The van der Waals surface area contributed by atoms with Gasteiger partial charge < -0.3 is 34.5 Å². The van der Waals surface area contributed by atoms with E-state index in [1.165, 1.54) is 20.4 Å². The van der Waals surface area contributed by atoms with Gasteiger partial charge in [-0.25, -0.2) is 29.6 Å². The summed E-state index contributed by atoms with van der Waals surface area (Å²) in [5.74, 6) is -2.40. The van der Waals surface area contributed by atoms with Crippen LogP contribution in [0.15, 0.2) is 55.1 Å². The lowest BCUT2D eigenvalue weighted by molar-refractivity contribution is -0.142. The van der Waals surface area contributed by atoms with Gasteiger partial charge in [0.25, 0.3) is 0 Å². The number of fused-ring (bicyclic) bond motifs is 1. The van der Waals surface area contributed by atoms with E-state index in [0.29, 0.717) is 41.4 Å². The number of carboxylic acids is 2. The van der Waals surface area contributed by atoms with Gasteiger partial charge in [-0.1, -0.05) is 18.2 Å². The number of hydrogen-bond acceptors (Lipinski definition) is 11. The zero-order valence-electron chi connectivity index (χ0n) is 21.3. The van der Waals surface area contributed by atoms with Crippen molar-refractivity contribution in [2.45, 2.75) is 32.5 Å². The Morgan fingerprint density at radius 1 is 1.10 bits per heavy atom. The first-order valence-electron chi connectivity index (χ1n) is 11.3. The van der Waals surface area contributed by atoms with Crippen LogP contribution in [0, 0.1) is 0 Å². The van der Waals surface area contributed by atoms with Gasteiger partial charge in [0, 0.05) is 12.2 Å². The summed E-state index contributed by atoms with van der Waals surface area (Å²) < 4.78 is 31.4. The predicted octanol–water partition coefficient (Wildman–Crippen LogP) is 1.91. The molecule has 0 radical (unpaired) electrons. The second kappa shape index (κ2) is 14.6. The molecule has 16 heteroatoms. The van der Waals surface area contributed by atoms with E-state index in [1.807, 2.05) is 13.0 Å². The maximum Gasteiger partial charge on any atom is 0.342 e. The summed E-state index contributed by atoms with van der Waals surface area (Å²) in [5, 5.41) is 18.3. The van der Waals surface area contributed by atoms with Crippen LogP contribution in [0.5, 0.6) is 5.75 Å². The van der Waals surface area contributed by atoms with Gasteiger partial charge in [0.05, 0.1) is 26.1 Å². The third-order valence-electron chi connectivity index (χ3n) is 4.72. The lowest BCUT2D eigenvalue weighted by Gasteiger charge is -2.24. The number of carbonyl (C=O) groups is 3. The molecule has 2 heterocycles. The van der Waals surface area contributed by atoms with Crippen LogP contribution in [0.4, 0.5) is 5.82 Å². The van der Waals surface area contributed by atoms with E-state index in [4.69, 9.17) is 29.9 Å². The Morgan fingerprint density at radius 2 is 1.74 bits per heavy atom. The molecule has 0 saturated heterocycles. The molecule has 0 saturated carbocycles.